The summed E-state index contributed by atoms with van der Waals surface area (Å²) < 4.78 is 0. The van der Waals surface area contributed by atoms with Crippen LogP contribution in [0.1, 0.15) is 91.4 Å². The van der Waals surface area contributed by atoms with Crippen molar-refractivity contribution >= 4 is 22.9 Å². The SMILES string of the molecule is CCCCCCC(C)(CCCCCC)CC1SC(=O)NC1=O. The molecule has 22 heavy (non-hydrogen) atoms. The van der Waals surface area contributed by atoms with Gasteiger partial charge in [-0.2, -0.15) is 0 Å². The molecule has 1 aliphatic heterocycles. The fourth-order valence-corrected chi connectivity index (χ4v) is 4.33. The standard InChI is InChI=1S/C18H33NO2S/c1-4-6-8-10-12-18(3,13-11-9-7-5-2)14-15-16(20)19-17(21)22-15/h15H,4-14H2,1-3H3,(H,19,20,21). The topological polar surface area (TPSA) is 46.2 Å². The zero-order valence-electron chi connectivity index (χ0n) is 14.6. The summed E-state index contributed by atoms with van der Waals surface area (Å²) in [6.07, 6.45) is 13.3. The smallest absolute Gasteiger partial charge is 0.286 e. The largest absolute Gasteiger partial charge is 0.286 e. The third-order valence-corrected chi connectivity index (χ3v) is 5.69. The molecule has 4 heteroatoms. The van der Waals surface area contributed by atoms with Gasteiger partial charge in [-0.3, -0.25) is 14.9 Å². The Morgan fingerprint density at radius 2 is 1.50 bits per heavy atom. The Hall–Kier alpha value is -0.510. The molecule has 0 aromatic rings. The van der Waals surface area contributed by atoms with Gasteiger partial charge in [0.05, 0.1) is 5.25 Å². The van der Waals surface area contributed by atoms with Gasteiger partial charge in [0, 0.05) is 0 Å². The van der Waals surface area contributed by atoms with Crippen LogP contribution in [0.25, 0.3) is 0 Å². The van der Waals surface area contributed by atoms with Gasteiger partial charge in [0.15, 0.2) is 0 Å². The minimum absolute atomic E-state index is 0.0802. The number of imide groups is 1. The van der Waals surface area contributed by atoms with E-state index in [-0.39, 0.29) is 21.8 Å². The monoisotopic (exact) mass is 327 g/mol. The van der Waals surface area contributed by atoms with E-state index in [1.54, 1.807) is 0 Å². The molecule has 0 aromatic carbocycles. The van der Waals surface area contributed by atoms with Gasteiger partial charge in [-0.15, -0.1) is 0 Å². The maximum atomic E-state index is 11.9. The lowest BCUT2D eigenvalue weighted by Crippen LogP contribution is -2.29. The third-order valence-electron chi connectivity index (χ3n) is 4.71. The molecule has 0 aliphatic carbocycles. The number of hydrogen-bond acceptors (Lipinski definition) is 3. The zero-order valence-corrected chi connectivity index (χ0v) is 15.4. The molecule has 0 radical (unpaired) electrons. The van der Waals surface area contributed by atoms with Crippen molar-refractivity contribution in [1.82, 2.24) is 5.32 Å². The quantitative estimate of drug-likeness (QED) is 0.469. The minimum Gasteiger partial charge on any atom is -0.286 e. The van der Waals surface area contributed by atoms with Crippen molar-refractivity contribution < 1.29 is 9.59 Å². The first-order valence-corrected chi connectivity index (χ1v) is 9.90. The van der Waals surface area contributed by atoms with E-state index < -0.39 is 0 Å². The molecule has 0 aromatic heterocycles. The highest BCUT2D eigenvalue weighted by atomic mass is 32.2. The lowest BCUT2D eigenvalue weighted by molar-refractivity contribution is -0.119. The summed E-state index contributed by atoms with van der Waals surface area (Å²) in [6.45, 7) is 6.78. The zero-order chi connectivity index (χ0) is 16.4. The van der Waals surface area contributed by atoms with Crippen LogP contribution in [-0.4, -0.2) is 16.4 Å². The second kappa shape index (κ2) is 10.3. The van der Waals surface area contributed by atoms with Gasteiger partial charge in [0.1, 0.15) is 0 Å². The average molecular weight is 328 g/mol. The van der Waals surface area contributed by atoms with Crippen molar-refractivity contribution in [3.8, 4) is 0 Å². The van der Waals surface area contributed by atoms with E-state index in [0.717, 1.165) is 6.42 Å². The molecular formula is C18H33NO2S. The Labute approximate surface area is 140 Å². The van der Waals surface area contributed by atoms with Gasteiger partial charge in [0.25, 0.3) is 5.24 Å². The lowest BCUT2D eigenvalue weighted by Gasteiger charge is -2.31. The average Bonchev–Trinajstić information content (AvgIpc) is 2.78. The number of carbonyl (C=O) groups excluding carboxylic acids is 2. The summed E-state index contributed by atoms with van der Waals surface area (Å²) in [6, 6.07) is 0. The van der Waals surface area contributed by atoms with Gasteiger partial charge >= 0.3 is 0 Å². The number of nitrogens with one attached hydrogen (secondary N) is 1. The Morgan fingerprint density at radius 3 is 1.91 bits per heavy atom. The van der Waals surface area contributed by atoms with Crippen molar-refractivity contribution in [2.45, 2.75) is 96.7 Å². The molecule has 1 saturated heterocycles. The highest BCUT2D eigenvalue weighted by Crippen LogP contribution is 2.40. The van der Waals surface area contributed by atoms with Crippen LogP contribution < -0.4 is 5.32 Å². The first kappa shape index (κ1) is 19.5. The molecule has 1 rings (SSSR count). The molecule has 0 bridgehead atoms. The number of carbonyl (C=O) groups is 2. The Morgan fingerprint density at radius 1 is 0.955 bits per heavy atom. The van der Waals surface area contributed by atoms with Crippen LogP contribution in [0, 0.1) is 5.41 Å². The minimum atomic E-state index is -0.172. The molecule has 1 unspecified atom stereocenters. The first-order valence-electron chi connectivity index (χ1n) is 9.02. The second-order valence-electron chi connectivity index (χ2n) is 7.02. The molecule has 2 amide bonds. The normalized spacial score (nSPS) is 18.8. The summed E-state index contributed by atoms with van der Waals surface area (Å²) >= 11 is 1.19. The number of thioether (sulfide) groups is 1. The summed E-state index contributed by atoms with van der Waals surface area (Å²) in [4.78, 5) is 23.2. The molecule has 1 aliphatic rings. The maximum Gasteiger partial charge on any atom is 0.286 e. The fraction of sp³-hybridized carbons (Fsp3) is 0.889. The number of amides is 2. The van der Waals surface area contributed by atoms with Crippen molar-refractivity contribution in [3.05, 3.63) is 0 Å². The Balaban J connectivity index is 2.51. The maximum absolute atomic E-state index is 11.9. The van der Waals surface area contributed by atoms with Crippen LogP contribution in [0.3, 0.4) is 0 Å². The van der Waals surface area contributed by atoms with Crippen molar-refractivity contribution in [2.75, 3.05) is 0 Å². The summed E-state index contributed by atoms with van der Waals surface area (Å²) in [5.74, 6) is -0.0802. The molecule has 0 spiro atoms. The molecular weight excluding hydrogens is 294 g/mol. The fourth-order valence-electron chi connectivity index (χ4n) is 3.26. The Kier molecular flexibility index (Phi) is 9.15. The van der Waals surface area contributed by atoms with E-state index in [9.17, 15) is 9.59 Å². The number of unbranched alkanes of at least 4 members (excludes halogenated alkanes) is 6. The van der Waals surface area contributed by atoms with E-state index >= 15 is 0 Å². The molecule has 3 nitrogen and oxygen atoms in total. The predicted octanol–water partition coefficient (Wildman–Crippen LogP) is 5.68. The van der Waals surface area contributed by atoms with Crippen LogP contribution in [0.2, 0.25) is 0 Å². The molecule has 1 fully saturated rings. The van der Waals surface area contributed by atoms with Crippen LogP contribution >= 0.6 is 11.8 Å². The first-order chi connectivity index (χ1) is 10.5. The molecule has 128 valence electrons. The van der Waals surface area contributed by atoms with E-state index in [0.29, 0.717) is 0 Å². The predicted molar refractivity (Wildman–Crippen MR) is 95.2 cm³/mol. The second-order valence-corrected chi connectivity index (χ2v) is 8.19. The third kappa shape index (κ3) is 7.17. The van der Waals surface area contributed by atoms with Gasteiger partial charge in [-0.25, -0.2) is 0 Å². The van der Waals surface area contributed by atoms with Crippen LogP contribution in [-0.2, 0) is 4.79 Å². The lowest BCUT2D eigenvalue weighted by atomic mass is 9.76. The van der Waals surface area contributed by atoms with Crippen LogP contribution in [0.15, 0.2) is 0 Å². The van der Waals surface area contributed by atoms with Gasteiger partial charge in [0.2, 0.25) is 5.91 Å². The van der Waals surface area contributed by atoms with Crippen molar-refractivity contribution in [3.63, 3.8) is 0 Å². The summed E-state index contributed by atoms with van der Waals surface area (Å²) in [7, 11) is 0. The number of hydrogen-bond donors (Lipinski definition) is 1. The van der Waals surface area contributed by atoms with E-state index in [1.165, 1.54) is 76.0 Å². The molecule has 1 atom stereocenters. The summed E-state index contributed by atoms with van der Waals surface area (Å²) in [5.41, 5.74) is 0.196. The van der Waals surface area contributed by atoms with Crippen LogP contribution in [0.5, 0.6) is 0 Å². The van der Waals surface area contributed by atoms with Gasteiger partial charge in [-0.05, 0) is 24.7 Å². The number of rotatable bonds is 12. The molecule has 1 N–H and O–H groups in total. The highest BCUT2D eigenvalue weighted by Gasteiger charge is 2.37. The van der Waals surface area contributed by atoms with Gasteiger partial charge in [-0.1, -0.05) is 83.9 Å². The van der Waals surface area contributed by atoms with E-state index in [2.05, 4.69) is 26.1 Å². The van der Waals surface area contributed by atoms with Gasteiger partial charge < -0.3 is 0 Å². The molecule has 1 heterocycles. The van der Waals surface area contributed by atoms with E-state index in [4.69, 9.17) is 0 Å². The van der Waals surface area contributed by atoms with Crippen molar-refractivity contribution in [2.24, 2.45) is 5.41 Å². The summed E-state index contributed by atoms with van der Waals surface area (Å²) in [5, 5.41) is 2.08. The highest BCUT2D eigenvalue weighted by molar-refractivity contribution is 8.15. The van der Waals surface area contributed by atoms with E-state index in [1.807, 2.05) is 0 Å². The van der Waals surface area contributed by atoms with Crippen molar-refractivity contribution in [1.29, 1.82) is 0 Å². The van der Waals surface area contributed by atoms with Crippen LogP contribution in [0.4, 0.5) is 4.79 Å². The molecule has 0 saturated carbocycles. The Bertz CT molecular complexity index is 345.